The van der Waals surface area contributed by atoms with Crippen molar-refractivity contribution in [2.24, 2.45) is 17.8 Å². The van der Waals surface area contributed by atoms with Crippen LogP contribution in [0.3, 0.4) is 0 Å². The molecule has 3 aliphatic rings. The van der Waals surface area contributed by atoms with E-state index < -0.39 is 35.6 Å². The van der Waals surface area contributed by atoms with Crippen LogP contribution < -0.4 is 10.6 Å². The zero-order chi connectivity index (χ0) is 29.6. The molecule has 0 aromatic heterocycles. The van der Waals surface area contributed by atoms with E-state index in [1.807, 2.05) is 86.6 Å². The van der Waals surface area contributed by atoms with Crippen LogP contribution in [-0.4, -0.2) is 63.0 Å². The molecule has 3 aromatic carbocycles. The molecule has 1 spiro atoms. The van der Waals surface area contributed by atoms with E-state index in [0.717, 1.165) is 16.3 Å². The normalized spacial score (nSPS) is 29.4. The Hall–Kier alpha value is -3.27. The van der Waals surface area contributed by atoms with Gasteiger partial charge in [0, 0.05) is 17.1 Å². The number of likely N-dealkylation sites (tertiary alicyclic amines) is 1. The van der Waals surface area contributed by atoms with E-state index in [1.54, 1.807) is 0 Å². The summed E-state index contributed by atoms with van der Waals surface area (Å²) >= 11 is 3.72. The van der Waals surface area contributed by atoms with Gasteiger partial charge in [0.2, 0.25) is 17.7 Å². The van der Waals surface area contributed by atoms with E-state index in [-0.39, 0.29) is 35.1 Å². The fraction of sp³-hybridized carbons (Fsp3) is 0.424. The lowest BCUT2D eigenvalue weighted by Gasteiger charge is -2.38. The lowest BCUT2D eigenvalue weighted by molar-refractivity contribution is -0.145. The molecule has 220 valence electrons. The summed E-state index contributed by atoms with van der Waals surface area (Å²) < 4.78 is 6.62. The van der Waals surface area contributed by atoms with Gasteiger partial charge < -0.3 is 25.4 Å². The minimum atomic E-state index is -1.20. The predicted octanol–water partition coefficient (Wildman–Crippen LogP) is 4.25. The van der Waals surface area contributed by atoms with Crippen LogP contribution in [0.2, 0.25) is 0 Å². The molecule has 3 saturated heterocycles. The van der Waals surface area contributed by atoms with E-state index >= 15 is 0 Å². The number of hydrogen-bond acceptors (Lipinski definition) is 5. The van der Waals surface area contributed by atoms with Crippen LogP contribution in [0.25, 0.3) is 10.8 Å². The van der Waals surface area contributed by atoms with Crippen molar-refractivity contribution in [1.29, 1.82) is 0 Å². The van der Waals surface area contributed by atoms with Crippen LogP contribution in [0.1, 0.15) is 32.3 Å². The van der Waals surface area contributed by atoms with Gasteiger partial charge in [-0.2, -0.15) is 0 Å². The van der Waals surface area contributed by atoms with Gasteiger partial charge in [-0.25, -0.2) is 0 Å². The molecule has 8 nitrogen and oxygen atoms in total. The summed E-state index contributed by atoms with van der Waals surface area (Å²) in [6, 6.07) is 21.6. The third-order valence-electron chi connectivity index (χ3n) is 9.45. The zero-order valence-corrected chi connectivity index (χ0v) is 25.3. The van der Waals surface area contributed by atoms with Gasteiger partial charge in [0.1, 0.15) is 11.6 Å². The van der Waals surface area contributed by atoms with Crippen molar-refractivity contribution in [1.82, 2.24) is 10.2 Å². The summed E-state index contributed by atoms with van der Waals surface area (Å²) in [6.45, 7) is 3.99. The molecule has 3 N–H and O–H groups in total. The van der Waals surface area contributed by atoms with Crippen LogP contribution >= 0.6 is 15.9 Å². The Labute approximate surface area is 253 Å². The van der Waals surface area contributed by atoms with Crippen molar-refractivity contribution in [3.8, 4) is 0 Å². The molecule has 0 saturated carbocycles. The Bertz CT molecular complexity index is 1500. The largest absolute Gasteiger partial charge is 0.394 e. The molecule has 42 heavy (non-hydrogen) atoms. The number of benzene rings is 3. The van der Waals surface area contributed by atoms with Crippen molar-refractivity contribution in [3.05, 3.63) is 78.4 Å². The van der Waals surface area contributed by atoms with Crippen molar-refractivity contribution >= 4 is 50.1 Å². The Morgan fingerprint density at radius 2 is 1.79 bits per heavy atom. The molecule has 3 unspecified atom stereocenters. The average molecular weight is 635 g/mol. The standard InChI is InChI=1S/C33H36BrN3O5/c1-3-19(2)25(18-38)37-29(31(40)36-23-14-13-21-11-7-8-12-22(21)15-23)33-16-24(34)28(42-33)26(27(33)32(37)41)30(39)35-17-20-9-5-4-6-10-20/h4-15,19,24-29,38H,3,16-18H2,1-2H3,(H,35,39)(H,36,40)/t19-,24?,25-,26-,27-,28-,29?,33?/m0/s1. The zero-order valence-electron chi connectivity index (χ0n) is 23.7. The molecule has 0 radical (unpaired) electrons. The van der Waals surface area contributed by atoms with Crippen molar-refractivity contribution in [2.75, 3.05) is 11.9 Å². The molecule has 3 fully saturated rings. The summed E-state index contributed by atoms with van der Waals surface area (Å²) in [5, 5.41) is 18.6. The van der Waals surface area contributed by atoms with E-state index in [2.05, 4.69) is 26.6 Å². The number of anilines is 1. The van der Waals surface area contributed by atoms with Crippen LogP contribution in [0, 0.1) is 17.8 Å². The van der Waals surface area contributed by atoms with Crippen LogP contribution in [-0.2, 0) is 25.7 Å². The first kappa shape index (κ1) is 28.8. The summed E-state index contributed by atoms with van der Waals surface area (Å²) in [5.74, 6) is -2.64. The second-order valence-corrected chi connectivity index (χ2v) is 13.0. The van der Waals surface area contributed by atoms with Gasteiger partial charge in [0.15, 0.2) is 0 Å². The van der Waals surface area contributed by atoms with Gasteiger partial charge in [-0.1, -0.05) is 96.9 Å². The molecular formula is C33H36BrN3O5. The summed E-state index contributed by atoms with van der Waals surface area (Å²) in [5.41, 5.74) is 0.353. The number of hydrogen-bond donors (Lipinski definition) is 3. The first-order valence-electron chi connectivity index (χ1n) is 14.6. The molecular weight excluding hydrogens is 598 g/mol. The van der Waals surface area contributed by atoms with Crippen molar-refractivity contribution in [3.63, 3.8) is 0 Å². The minimum Gasteiger partial charge on any atom is -0.394 e. The maximum absolute atomic E-state index is 14.4. The molecule has 8 atom stereocenters. The number of aliphatic hydroxyl groups excluding tert-OH is 1. The lowest BCUT2D eigenvalue weighted by atomic mass is 9.70. The van der Waals surface area contributed by atoms with Crippen LogP contribution in [0.15, 0.2) is 72.8 Å². The molecule has 0 aliphatic carbocycles. The maximum Gasteiger partial charge on any atom is 0.250 e. The second-order valence-electron chi connectivity index (χ2n) is 11.8. The number of ether oxygens (including phenoxy) is 1. The smallest absolute Gasteiger partial charge is 0.250 e. The van der Waals surface area contributed by atoms with Gasteiger partial charge in [-0.15, -0.1) is 0 Å². The van der Waals surface area contributed by atoms with Gasteiger partial charge in [0.25, 0.3) is 0 Å². The fourth-order valence-electron chi connectivity index (χ4n) is 7.22. The number of fused-ring (bicyclic) bond motifs is 2. The Morgan fingerprint density at radius 3 is 2.50 bits per heavy atom. The topological polar surface area (TPSA) is 108 Å². The summed E-state index contributed by atoms with van der Waals surface area (Å²) in [6.07, 6.45) is 0.558. The van der Waals surface area contributed by atoms with Gasteiger partial charge in [-0.3, -0.25) is 14.4 Å². The van der Waals surface area contributed by atoms with E-state index in [4.69, 9.17) is 4.74 Å². The third-order valence-corrected chi connectivity index (χ3v) is 10.3. The predicted molar refractivity (Wildman–Crippen MR) is 164 cm³/mol. The number of alkyl halides is 1. The second kappa shape index (κ2) is 11.4. The van der Waals surface area contributed by atoms with E-state index in [1.165, 1.54) is 4.90 Å². The first-order chi connectivity index (χ1) is 20.3. The highest BCUT2D eigenvalue weighted by Crippen LogP contribution is 2.60. The number of rotatable bonds is 9. The van der Waals surface area contributed by atoms with Gasteiger partial charge in [0.05, 0.1) is 30.6 Å². The quantitative estimate of drug-likeness (QED) is 0.305. The number of nitrogens with zero attached hydrogens (tertiary/aromatic N) is 1. The average Bonchev–Trinajstić information content (AvgIpc) is 3.60. The van der Waals surface area contributed by atoms with Crippen molar-refractivity contribution < 1.29 is 24.2 Å². The van der Waals surface area contributed by atoms with Crippen LogP contribution in [0.4, 0.5) is 5.69 Å². The van der Waals surface area contributed by atoms with Gasteiger partial charge >= 0.3 is 0 Å². The molecule has 3 amide bonds. The van der Waals surface area contributed by atoms with Crippen LogP contribution in [0.5, 0.6) is 0 Å². The highest BCUT2D eigenvalue weighted by Gasteiger charge is 2.77. The summed E-state index contributed by atoms with van der Waals surface area (Å²) in [4.78, 5) is 43.7. The lowest BCUT2D eigenvalue weighted by Crippen LogP contribution is -2.57. The first-order valence-corrected chi connectivity index (χ1v) is 15.6. The van der Waals surface area contributed by atoms with Crippen molar-refractivity contribution in [2.45, 2.75) is 61.8 Å². The number of aliphatic hydroxyl groups is 1. The molecule has 9 heteroatoms. The Balaban J connectivity index is 1.35. The van der Waals surface area contributed by atoms with E-state index in [9.17, 15) is 19.5 Å². The molecule has 2 bridgehead atoms. The Morgan fingerprint density at radius 1 is 1.07 bits per heavy atom. The summed E-state index contributed by atoms with van der Waals surface area (Å²) in [7, 11) is 0. The SMILES string of the molecule is CC[C@H](C)[C@H](CO)N1C(=O)[C@@H]2[C@H](C(=O)NCc3ccccc3)[C@H]3OC2(CC3Br)C1C(=O)Nc1ccc2ccccc2c1. The fourth-order valence-corrected chi connectivity index (χ4v) is 8.16. The maximum atomic E-state index is 14.4. The number of carbonyl (C=O) groups excluding carboxylic acids is 3. The number of halogens is 1. The highest BCUT2D eigenvalue weighted by molar-refractivity contribution is 9.09. The minimum absolute atomic E-state index is 0.0764. The molecule has 3 aromatic rings. The highest BCUT2D eigenvalue weighted by atomic mass is 79.9. The third kappa shape index (κ3) is 4.71. The number of nitrogens with one attached hydrogen (secondary N) is 2. The van der Waals surface area contributed by atoms with E-state index in [0.29, 0.717) is 25.1 Å². The number of amides is 3. The molecule has 3 heterocycles. The molecule has 3 aliphatic heterocycles. The molecule has 6 rings (SSSR count). The van der Waals surface area contributed by atoms with Gasteiger partial charge in [-0.05, 0) is 40.8 Å². The Kier molecular flexibility index (Phi) is 7.85. The monoisotopic (exact) mass is 633 g/mol. The number of carbonyl (C=O) groups is 3.